The molecule has 0 aromatic heterocycles. The van der Waals surface area contributed by atoms with Gasteiger partial charge in [0.25, 0.3) is 5.91 Å². The van der Waals surface area contributed by atoms with Crippen LogP contribution < -0.4 is 14.8 Å². The van der Waals surface area contributed by atoms with Crippen LogP contribution >= 0.6 is 11.6 Å². The number of benzene rings is 2. The van der Waals surface area contributed by atoms with E-state index < -0.39 is 0 Å². The highest BCUT2D eigenvalue weighted by atomic mass is 35.5. The van der Waals surface area contributed by atoms with E-state index in [0.29, 0.717) is 28.6 Å². The van der Waals surface area contributed by atoms with Crippen LogP contribution in [0.3, 0.4) is 0 Å². The van der Waals surface area contributed by atoms with Gasteiger partial charge in [-0.2, -0.15) is 0 Å². The normalized spacial score (nSPS) is 10.0. The van der Waals surface area contributed by atoms with Crippen LogP contribution in [-0.2, 0) is 6.54 Å². The van der Waals surface area contributed by atoms with E-state index >= 15 is 0 Å². The van der Waals surface area contributed by atoms with Crippen molar-refractivity contribution in [2.24, 2.45) is 0 Å². The molecule has 0 saturated carbocycles. The third-order valence-corrected chi connectivity index (χ3v) is 3.25. The zero-order valence-electron chi connectivity index (χ0n) is 11.9. The van der Waals surface area contributed by atoms with E-state index in [4.69, 9.17) is 21.1 Å². The van der Waals surface area contributed by atoms with Crippen LogP contribution in [0.15, 0.2) is 42.5 Å². The summed E-state index contributed by atoms with van der Waals surface area (Å²) in [7, 11) is 3.18. The molecule has 2 rings (SSSR count). The minimum absolute atomic E-state index is 0.192. The van der Waals surface area contributed by atoms with Gasteiger partial charge in [0.2, 0.25) is 0 Å². The molecule has 21 heavy (non-hydrogen) atoms. The Hall–Kier alpha value is -2.20. The minimum atomic E-state index is -0.192. The molecule has 0 spiro atoms. The Morgan fingerprint density at radius 2 is 1.95 bits per heavy atom. The van der Waals surface area contributed by atoms with Crippen molar-refractivity contribution in [2.75, 3.05) is 14.2 Å². The fourth-order valence-electron chi connectivity index (χ4n) is 1.93. The van der Waals surface area contributed by atoms with Gasteiger partial charge in [0.15, 0.2) is 0 Å². The van der Waals surface area contributed by atoms with Crippen LogP contribution in [0.4, 0.5) is 0 Å². The van der Waals surface area contributed by atoms with Crippen molar-refractivity contribution in [2.45, 2.75) is 6.54 Å². The molecular formula is C16H16ClNO3. The van der Waals surface area contributed by atoms with Crippen molar-refractivity contribution >= 4 is 17.5 Å². The summed E-state index contributed by atoms with van der Waals surface area (Å²) in [6.45, 7) is 0.339. The number of methoxy groups -OCH3 is 2. The van der Waals surface area contributed by atoms with E-state index in [1.807, 2.05) is 6.07 Å². The molecule has 0 aliphatic heterocycles. The fraction of sp³-hybridized carbons (Fsp3) is 0.188. The lowest BCUT2D eigenvalue weighted by molar-refractivity contribution is 0.0950. The summed E-state index contributed by atoms with van der Waals surface area (Å²) in [4.78, 5) is 12.1. The maximum Gasteiger partial charge on any atom is 0.251 e. The standard InChI is InChI=1S/C16H16ClNO3/c1-20-14-6-7-15(21-2)12(9-14)10-18-16(19)11-4-3-5-13(17)8-11/h3-9H,10H2,1-2H3,(H,18,19). The van der Waals surface area contributed by atoms with Gasteiger partial charge in [0.05, 0.1) is 14.2 Å². The maximum absolute atomic E-state index is 12.1. The van der Waals surface area contributed by atoms with Crippen molar-refractivity contribution in [3.63, 3.8) is 0 Å². The topological polar surface area (TPSA) is 47.6 Å². The lowest BCUT2D eigenvalue weighted by atomic mass is 10.1. The van der Waals surface area contributed by atoms with Crippen LogP contribution in [0.5, 0.6) is 11.5 Å². The Morgan fingerprint density at radius 1 is 1.14 bits per heavy atom. The predicted molar refractivity (Wildman–Crippen MR) is 82.2 cm³/mol. The van der Waals surface area contributed by atoms with Crippen molar-refractivity contribution in [1.82, 2.24) is 5.32 Å². The van der Waals surface area contributed by atoms with Crippen LogP contribution in [0, 0.1) is 0 Å². The van der Waals surface area contributed by atoms with Crippen molar-refractivity contribution in [3.05, 3.63) is 58.6 Å². The summed E-state index contributed by atoms with van der Waals surface area (Å²) in [5.41, 5.74) is 1.36. The average Bonchev–Trinajstić information content (AvgIpc) is 2.52. The molecule has 0 unspecified atom stereocenters. The average molecular weight is 306 g/mol. The monoisotopic (exact) mass is 305 g/mol. The number of carbonyl (C=O) groups excluding carboxylic acids is 1. The van der Waals surface area contributed by atoms with Gasteiger partial charge in [-0.05, 0) is 36.4 Å². The molecule has 4 nitrogen and oxygen atoms in total. The smallest absolute Gasteiger partial charge is 0.251 e. The number of amides is 1. The largest absolute Gasteiger partial charge is 0.497 e. The first-order valence-electron chi connectivity index (χ1n) is 6.38. The molecule has 2 aromatic rings. The van der Waals surface area contributed by atoms with E-state index in [2.05, 4.69) is 5.32 Å². The van der Waals surface area contributed by atoms with Crippen LogP contribution in [0.1, 0.15) is 15.9 Å². The zero-order valence-corrected chi connectivity index (χ0v) is 12.6. The van der Waals surface area contributed by atoms with Crippen LogP contribution in [0.2, 0.25) is 5.02 Å². The van der Waals surface area contributed by atoms with Gasteiger partial charge in [-0.3, -0.25) is 4.79 Å². The molecule has 0 bridgehead atoms. The second-order valence-corrected chi connectivity index (χ2v) is 4.81. The van der Waals surface area contributed by atoms with Gasteiger partial charge in [-0.25, -0.2) is 0 Å². The number of hydrogen-bond acceptors (Lipinski definition) is 3. The highest BCUT2D eigenvalue weighted by Gasteiger charge is 2.09. The summed E-state index contributed by atoms with van der Waals surface area (Å²) in [5, 5.41) is 3.36. The molecule has 2 aromatic carbocycles. The zero-order chi connectivity index (χ0) is 15.2. The van der Waals surface area contributed by atoms with E-state index in [9.17, 15) is 4.79 Å². The number of halogens is 1. The first-order valence-corrected chi connectivity index (χ1v) is 6.76. The SMILES string of the molecule is COc1ccc(OC)c(CNC(=O)c2cccc(Cl)c2)c1. The predicted octanol–water partition coefficient (Wildman–Crippen LogP) is 3.29. The first-order chi connectivity index (χ1) is 10.1. The summed E-state index contributed by atoms with van der Waals surface area (Å²) in [6.07, 6.45) is 0. The Morgan fingerprint density at radius 3 is 2.62 bits per heavy atom. The summed E-state index contributed by atoms with van der Waals surface area (Å²) in [6, 6.07) is 12.2. The van der Waals surface area contributed by atoms with Gasteiger partial charge in [0.1, 0.15) is 11.5 Å². The number of ether oxygens (including phenoxy) is 2. The second kappa shape index (κ2) is 6.99. The molecule has 1 N–H and O–H groups in total. The lowest BCUT2D eigenvalue weighted by Gasteiger charge is -2.11. The Kier molecular flexibility index (Phi) is 5.06. The third-order valence-electron chi connectivity index (χ3n) is 3.01. The number of rotatable bonds is 5. The molecule has 0 aliphatic rings. The molecule has 0 fully saturated rings. The molecule has 0 heterocycles. The molecule has 0 saturated heterocycles. The van der Waals surface area contributed by atoms with Gasteiger partial charge in [-0.15, -0.1) is 0 Å². The number of nitrogens with one attached hydrogen (secondary N) is 1. The van der Waals surface area contributed by atoms with Crippen molar-refractivity contribution < 1.29 is 14.3 Å². The third kappa shape index (κ3) is 3.89. The maximum atomic E-state index is 12.1. The van der Waals surface area contributed by atoms with Gasteiger partial charge < -0.3 is 14.8 Å². The molecule has 0 atom stereocenters. The molecule has 0 radical (unpaired) electrons. The number of carbonyl (C=O) groups is 1. The van der Waals surface area contributed by atoms with E-state index in [1.165, 1.54) is 0 Å². The summed E-state index contributed by atoms with van der Waals surface area (Å²) < 4.78 is 10.4. The lowest BCUT2D eigenvalue weighted by Crippen LogP contribution is -2.23. The van der Waals surface area contributed by atoms with Gasteiger partial charge >= 0.3 is 0 Å². The number of hydrogen-bond donors (Lipinski definition) is 1. The van der Waals surface area contributed by atoms with Crippen LogP contribution in [0.25, 0.3) is 0 Å². The second-order valence-electron chi connectivity index (χ2n) is 4.37. The Labute approximate surface area is 128 Å². The van der Waals surface area contributed by atoms with E-state index in [1.54, 1.807) is 50.6 Å². The highest BCUT2D eigenvalue weighted by molar-refractivity contribution is 6.30. The van der Waals surface area contributed by atoms with Crippen LogP contribution in [-0.4, -0.2) is 20.1 Å². The minimum Gasteiger partial charge on any atom is -0.497 e. The summed E-state index contributed by atoms with van der Waals surface area (Å²) in [5.74, 6) is 1.22. The van der Waals surface area contributed by atoms with E-state index in [-0.39, 0.29) is 5.91 Å². The molecule has 0 aliphatic carbocycles. The molecular weight excluding hydrogens is 290 g/mol. The Balaban J connectivity index is 2.10. The highest BCUT2D eigenvalue weighted by Crippen LogP contribution is 2.23. The fourth-order valence-corrected chi connectivity index (χ4v) is 2.12. The first kappa shape index (κ1) is 15.2. The summed E-state index contributed by atoms with van der Waals surface area (Å²) >= 11 is 5.88. The van der Waals surface area contributed by atoms with Gasteiger partial charge in [-0.1, -0.05) is 17.7 Å². The Bertz CT molecular complexity index is 643. The molecule has 5 heteroatoms. The quantitative estimate of drug-likeness (QED) is 0.922. The van der Waals surface area contributed by atoms with Gasteiger partial charge in [0, 0.05) is 22.7 Å². The molecule has 1 amide bonds. The van der Waals surface area contributed by atoms with E-state index in [0.717, 1.165) is 5.56 Å². The van der Waals surface area contributed by atoms with Crippen molar-refractivity contribution in [1.29, 1.82) is 0 Å². The molecule has 110 valence electrons. The van der Waals surface area contributed by atoms with Crippen molar-refractivity contribution in [3.8, 4) is 11.5 Å².